The molecule has 5 rings (SSSR count). The van der Waals surface area contributed by atoms with Crippen LogP contribution in [0, 0.1) is 11.6 Å². The lowest BCUT2D eigenvalue weighted by atomic mass is 10.0. The van der Waals surface area contributed by atoms with Gasteiger partial charge in [0, 0.05) is 55.5 Å². The second-order valence-electron chi connectivity index (χ2n) is 10.5. The Morgan fingerprint density at radius 3 is 2.43 bits per heavy atom. The van der Waals surface area contributed by atoms with Gasteiger partial charge in [-0.1, -0.05) is 6.07 Å². The molecule has 1 N–H and O–H groups in total. The van der Waals surface area contributed by atoms with Gasteiger partial charge in [-0.2, -0.15) is 0 Å². The third-order valence-electron chi connectivity index (χ3n) is 6.89. The van der Waals surface area contributed by atoms with Crippen LogP contribution in [0.1, 0.15) is 0 Å². The molecule has 1 saturated heterocycles. The van der Waals surface area contributed by atoms with Gasteiger partial charge in [0.2, 0.25) is 11.8 Å². The minimum absolute atomic E-state index is 0.0457. The molecule has 1 amide bonds. The fourth-order valence-electron chi connectivity index (χ4n) is 4.70. The van der Waals surface area contributed by atoms with E-state index in [-0.39, 0.29) is 17.5 Å². The first-order valence-corrected chi connectivity index (χ1v) is 17.5. The molecule has 0 atom stereocenters. The molecule has 0 spiro atoms. The van der Waals surface area contributed by atoms with Crippen molar-refractivity contribution in [1.82, 2.24) is 19.9 Å². The van der Waals surface area contributed by atoms with E-state index in [9.17, 15) is 26.6 Å². The van der Waals surface area contributed by atoms with Gasteiger partial charge in [-0.15, -0.1) is 0 Å². The van der Waals surface area contributed by atoms with Crippen molar-refractivity contribution in [3.05, 3.63) is 78.5 Å². The number of carbonyl (C=O) groups is 1. The Morgan fingerprint density at radius 2 is 1.75 bits per heavy atom. The second-order valence-corrected chi connectivity index (χ2v) is 15.3. The minimum Gasteiger partial charge on any atom is -0.480 e. The van der Waals surface area contributed by atoms with Gasteiger partial charge >= 0.3 is 0 Å². The minimum atomic E-state index is -4.45. The average Bonchev–Trinajstić information content (AvgIpc) is 2.98. The first-order chi connectivity index (χ1) is 20.8. The van der Waals surface area contributed by atoms with Crippen molar-refractivity contribution in [2.75, 3.05) is 56.2 Å². The molecule has 0 bridgehead atoms. The van der Waals surface area contributed by atoms with Crippen molar-refractivity contribution in [3.8, 4) is 17.0 Å². The van der Waals surface area contributed by atoms with Crippen molar-refractivity contribution >= 4 is 45.5 Å². The zero-order valence-corrected chi connectivity index (χ0v) is 25.8. The summed E-state index contributed by atoms with van der Waals surface area (Å²) in [7, 11) is -5.59. The first-order valence-electron chi connectivity index (χ1n) is 13.4. The Bertz CT molecular complexity index is 1930. The summed E-state index contributed by atoms with van der Waals surface area (Å²) < 4.78 is 73.1. The van der Waals surface area contributed by atoms with Crippen LogP contribution in [-0.4, -0.2) is 80.8 Å². The number of sulfonamides is 1. The number of nitrogens with zero attached hydrogens (tertiary/aromatic N) is 5. The molecule has 0 aliphatic carbocycles. The standard InChI is InChI=1S/C29H29F2N6O5PS/c1-42-29-25(35-44(40,41)26-7-5-21(30)16-23(26)31)15-20(17-32-29)19-4-6-24-22(14-19)28(34-18-33-24)37-11-9-36(10-12-37)27(38)8-13-43(2,3)39/h4-8,13-18,35H,9-12H2,1-3H3/b13-8+. The van der Waals surface area contributed by atoms with E-state index in [0.717, 1.165) is 17.5 Å². The van der Waals surface area contributed by atoms with Gasteiger partial charge in [-0.3, -0.25) is 9.52 Å². The number of carbonyl (C=O) groups excluding carboxylic acids is 1. The lowest BCUT2D eigenvalue weighted by Gasteiger charge is -2.35. The van der Waals surface area contributed by atoms with Gasteiger partial charge in [0.05, 0.1) is 12.6 Å². The molecule has 1 aliphatic rings. The van der Waals surface area contributed by atoms with E-state index in [1.807, 2.05) is 6.07 Å². The Morgan fingerprint density at radius 1 is 1.00 bits per heavy atom. The van der Waals surface area contributed by atoms with Crippen molar-refractivity contribution in [2.24, 2.45) is 0 Å². The van der Waals surface area contributed by atoms with Crippen molar-refractivity contribution in [3.63, 3.8) is 0 Å². The fraction of sp³-hybridized carbons (Fsp3) is 0.241. The monoisotopic (exact) mass is 642 g/mol. The van der Waals surface area contributed by atoms with E-state index in [1.54, 1.807) is 30.4 Å². The SMILES string of the molecule is COc1ncc(-c2ccc3ncnc(N4CCN(C(=O)/C=C/P(C)(C)=O)CC4)c3c2)cc1NS(=O)(=O)c1ccc(F)cc1F. The highest BCUT2D eigenvalue weighted by Gasteiger charge is 2.24. The molecule has 2 aromatic carbocycles. The predicted molar refractivity (Wildman–Crippen MR) is 164 cm³/mol. The van der Waals surface area contributed by atoms with E-state index >= 15 is 0 Å². The molecular weight excluding hydrogens is 613 g/mol. The summed E-state index contributed by atoms with van der Waals surface area (Å²) in [6.45, 7) is 5.13. The molecule has 11 nitrogen and oxygen atoms in total. The molecule has 15 heteroatoms. The highest BCUT2D eigenvalue weighted by Crippen LogP contribution is 2.37. The normalized spacial score (nSPS) is 14.3. The van der Waals surface area contributed by atoms with Crippen LogP contribution in [0.5, 0.6) is 5.88 Å². The summed E-state index contributed by atoms with van der Waals surface area (Å²) in [5, 5.41) is 0.730. The predicted octanol–water partition coefficient (Wildman–Crippen LogP) is 4.56. The maximum absolute atomic E-state index is 14.3. The van der Waals surface area contributed by atoms with E-state index in [0.29, 0.717) is 54.7 Å². The van der Waals surface area contributed by atoms with E-state index in [4.69, 9.17) is 4.74 Å². The molecule has 1 fully saturated rings. The number of nitrogens with one attached hydrogen (secondary N) is 1. The number of piperazine rings is 1. The molecule has 0 saturated carbocycles. The van der Waals surface area contributed by atoms with Gasteiger partial charge in [-0.05, 0) is 55.0 Å². The molecule has 2 aromatic heterocycles. The lowest BCUT2D eigenvalue weighted by Crippen LogP contribution is -2.48. The Kier molecular flexibility index (Phi) is 8.66. The summed E-state index contributed by atoms with van der Waals surface area (Å²) in [6.07, 6.45) is 4.34. The number of ether oxygens (including phenoxy) is 1. The topological polar surface area (TPSA) is 135 Å². The summed E-state index contributed by atoms with van der Waals surface area (Å²) in [5.74, 6) is -0.253. The van der Waals surface area contributed by atoms with E-state index in [2.05, 4.69) is 24.6 Å². The number of rotatable bonds is 8. The van der Waals surface area contributed by atoms with Crippen LogP contribution in [0.3, 0.4) is 0 Å². The van der Waals surface area contributed by atoms with E-state index in [1.165, 1.54) is 37.6 Å². The highest BCUT2D eigenvalue weighted by atomic mass is 32.2. The zero-order valence-electron chi connectivity index (χ0n) is 24.1. The number of anilines is 2. The number of hydrogen-bond donors (Lipinski definition) is 1. The van der Waals surface area contributed by atoms with Crippen LogP contribution in [0.15, 0.2) is 71.8 Å². The molecular formula is C29H29F2N6O5PS. The number of hydrogen-bond acceptors (Lipinski definition) is 9. The van der Waals surface area contributed by atoms with Crippen LogP contribution < -0.4 is 14.4 Å². The molecule has 1 aliphatic heterocycles. The van der Waals surface area contributed by atoms with Crippen LogP contribution in [0.25, 0.3) is 22.0 Å². The Hall–Kier alpha value is -4.42. The third kappa shape index (κ3) is 6.87. The summed E-state index contributed by atoms with van der Waals surface area (Å²) >= 11 is 0. The summed E-state index contributed by atoms with van der Waals surface area (Å²) in [5.41, 5.74) is 1.82. The van der Waals surface area contributed by atoms with Crippen LogP contribution in [0.2, 0.25) is 0 Å². The number of fused-ring (bicyclic) bond motifs is 1. The second kappa shape index (κ2) is 12.3. The highest BCUT2D eigenvalue weighted by molar-refractivity contribution is 7.92. The summed E-state index contributed by atoms with van der Waals surface area (Å²) in [4.78, 5) is 28.7. The Labute approximate surface area is 253 Å². The maximum atomic E-state index is 14.3. The number of benzene rings is 2. The number of pyridine rings is 1. The fourth-order valence-corrected chi connectivity index (χ4v) is 6.30. The van der Waals surface area contributed by atoms with Crippen molar-refractivity contribution in [2.45, 2.75) is 4.90 Å². The summed E-state index contributed by atoms with van der Waals surface area (Å²) in [6, 6.07) is 9.12. The van der Waals surface area contributed by atoms with Crippen LogP contribution in [-0.2, 0) is 19.4 Å². The number of aromatic nitrogens is 3. The number of amides is 1. The van der Waals surface area contributed by atoms with Gasteiger partial charge in [0.25, 0.3) is 10.0 Å². The van der Waals surface area contributed by atoms with Crippen molar-refractivity contribution in [1.29, 1.82) is 0 Å². The molecule has 0 unspecified atom stereocenters. The smallest absolute Gasteiger partial charge is 0.264 e. The molecule has 0 radical (unpaired) electrons. The third-order valence-corrected chi connectivity index (χ3v) is 9.15. The van der Waals surface area contributed by atoms with Gasteiger partial charge in [0.15, 0.2) is 0 Å². The first kappa shape index (κ1) is 31.0. The Balaban J connectivity index is 1.42. The lowest BCUT2D eigenvalue weighted by molar-refractivity contribution is -0.126. The maximum Gasteiger partial charge on any atom is 0.264 e. The number of methoxy groups -OCH3 is 1. The molecule has 230 valence electrons. The van der Waals surface area contributed by atoms with Crippen molar-refractivity contribution < 1.29 is 31.3 Å². The molecule has 4 aromatic rings. The molecule has 3 heterocycles. The van der Waals surface area contributed by atoms with Gasteiger partial charge in [-0.25, -0.2) is 32.2 Å². The van der Waals surface area contributed by atoms with Crippen LogP contribution >= 0.6 is 7.14 Å². The zero-order chi connectivity index (χ0) is 31.6. The van der Waals surface area contributed by atoms with Gasteiger partial charge in [0.1, 0.15) is 41.5 Å². The average molecular weight is 643 g/mol. The molecule has 44 heavy (non-hydrogen) atoms. The quantitative estimate of drug-likeness (QED) is 0.217. The largest absolute Gasteiger partial charge is 0.480 e. The van der Waals surface area contributed by atoms with E-state index < -0.39 is 33.7 Å². The van der Waals surface area contributed by atoms with Crippen LogP contribution in [0.4, 0.5) is 20.3 Å². The van der Waals surface area contributed by atoms with Gasteiger partial charge < -0.3 is 19.1 Å². The number of halogens is 2.